The van der Waals surface area contributed by atoms with E-state index < -0.39 is 0 Å². The van der Waals surface area contributed by atoms with Gasteiger partial charge in [-0.15, -0.1) is 11.3 Å². The van der Waals surface area contributed by atoms with E-state index in [1.54, 1.807) is 11.3 Å². The predicted octanol–water partition coefficient (Wildman–Crippen LogP) is 2.56. The van der Waals surface area contributed by atoms with Crippen molar-refractivity contribution in [3.63, 3.8) is 0 Å². The zero-order valence-corrected chi connectivity index (χ0v) is 10.9. The highest BCUT2D eigenvalue weighted by molar-refractivity contribution is 7.17. The van der Waals surface area contributed by atoms with Gasteiger partial charge in [0.25, 0.3) is 0 Å². The number of hydrogen-bond acceptors (Lipinski definition) is 4. The molecule has 0 amide bonds. The first-order chi connectivity index (χ1) is 8.78. The van der Waals surface area contributed by atoms with E-state index in [0.29, 0.717) is 0 Å². The second-order valence-corrected chi connectivity index (χ2v) is 5.13. The standard InChI is InChI=1S/C13H14N4S/c1-2-17-8-10(7-16-17)13(14)9-5-12-11(15-6-9)3-4-18-12/h3-8,13H,2,14H2,1H3. The second-order valence-electron chi connectivity index (χ2n) is 4.18. The van der Waals surface area contributed by atoms with E-state index >= 15 is 0 Å². The lowest BCUT2D eigenvalue weighted by Crippen LogP contribution is -2.11. The number of aryl methyl sites for hydroxylation is 1. The van der Waals surface area contributed by atoms with Crippen molar-refractivity contribution < 1.29 is 0 Å². The molecular weight excluding hydrogens is 244 g/mol. The molecule has 2 N–H and O–H groups in total. The van der Waals surface area contributed by atoms with E-state index in [9.17, 15) is 0 Å². The Morgan fingerprint density at radius 1 is 1.39 bits per heavy atom. The molecule has 18 heavy (non-hydrogen) atoms. The first kappa shape index (κ1) is 11.4. The van der Waals surface area contributed by atoms with Crippen LogP contribution >= 0.6 is 11.3 Å². The lowest BCUT2D eigenvalue weighted by Gasteiger charge is -2.09. The number of fused-ring (bicyclic) bond motifs is 1. The summed E-state index contributed by atoms with van der Waals surface area (Å²) in [6.45, 7) is 2.91. The molecule has 1 atom stereocenters. The molecule has 0 aliphatic heterocycles. The predicted molar refractivity (Wildman–Crippen MR) is 73.6 cm³/mol. The number of aromatic nitrogens is 3. The van der Waals surface area contributed by atoms with Crippen molar-refractivity contribution in [2.45, 2.75) is 19.5 Å². The van der Waals surface area contributed by atoms with Gasteiger partial charge < -0.3 is 5.73 Å². The highest BCUT2D eigenvalue weighted by Crippen LogP contribution is 2.24. The van der Waals surface area contributed by atoms with Crippen LogP contribution in [-0.4, -0.2) is 14.8 Å². The first-order valence-electron chi connectivity index (χ1n) is 5.89. The molecule has 3 aromatic heterocycles. The van der Waals surface area contributed by atoms with Crippen molar-refractivity contribution in [1.29, 1.82) is 0 Å². The minimum atomic E-state index is -0.163. The van der Waals surface area contributed by atoms with Crippen LogP contribution < -0.4 is 5.73 Å². The summed E-state index contributed by atoms with van der Waals surface area (Å²) in [7, 11) is 0. The van der Waals surface area contributed by atoms with Crippen LogP contribution in [0.2, 0.25) is 0 Å². The highest BCUT2D eigenvalue weighted by atomic mass is 32.1. The minimum Gasteiger partial charge on any atom is -0.320 e. The summed E-state index contributed by atoms with van der Waals surface area (Å²) in [6.07, 6.45) is 5.67. The van der Waals surface area contributed by atoms with Gasteiger partial charge in [-0.05, 0) is 30.0 Å². The van der Waals surface area contributed by atoms with Crippen LogP contribution in [-0.2, 0) is 6.54 Å². The van der Waals surface area contributed by atoms with E-state index in [2.05, 4.69) is 23.1 Å². The number of pyridine rings is 1. The Morgan fingerprint density at radius 3 is 3.06 bits per heavy atom. The molecule has 4 nitrogen and oxygen atoms in total. The summed E-state index contributed by atoms with van der Waals surface area (Å²) >= 11 is 1.68. The molecule has 3 aromatic rings. The maximum Gasteiger partial charge on any atom is 0.0809 e. The summed E-state index contributed by atoms with van der Waals surface area (Å²) in [5, 5.41) is 6.30. The quantitative estimate of drug-likeness (QED) is 0.785. The van der Waals surface area contributed by atoms with Gasteiger partial charge in [-0.25, -0.2) is 0 Å². The number of thiophene rings is 1. The van der Waals surface area contributed by atoms with Crippen LogP contribution in [0.5, 0.6) is 0 Å². The zero-order chi connectivity index (χ0) is 12.5. The fourth-order valence-corrected chi connectivity index (χ4v) is 2.73. The average molecular weight is 258 g/mol. The highest BCUT2D eigenvalue weighted by Gasteiger charge is 2.12. The van der Waals surface area contributed by atoms with E-state index in [-0.39, 0.29) is 6.04 Å². The molecular formula is C13H14N4S. The van der Waals surface area contributed by atoms with Gasteiger partial charge in [0.05, 0.1) is 22.5 Å². The monoisotopic (exact) mass is 258 g/mol. The molecule has 0 aliphatic carbocycles. The fraction of sp³-hybridized carbons (Fsp3) is 0.231. The Labute approximate surface area is 109 Å². The van der Waals surface area contributed by atoms with Crippen LogP contribution in [0.4, 0.5) is 0 Å². The van der Waals surface area contributed by atoms with Crippen molar-refractivity contribution in [2.75, 3.05) is 0 Å². The Balaban J connectivity index is 1.97. The molecule has 5 heteroatoms. The van der Waals surface area contributed by atoms with Crippen molar-refractivity contribution in [1.82, 2.24) is 14.8 Å². The third-order valence-electron chi connectivity index (χ3n) is 3.02. The van der Waals surface area contributed by atoms with Crippen molar-refractivity contribution >= 4 is 21.6 Å². The van der Waals surface area contributed by atoms with Crippen LogP contribution in [0.15, 0.2) is 36.1 Å². The molecule has 0 saturated heterocycles. The third kappa shape index (κ3) is 1.91. The Hall–Kier alpha value is -1.72. The van der Waals surface area contributed by atoms with Crippen LogP contribution in [0.1, 0.15) is 24.1 Å². The van der Waals surface area contributed by atoms with Gasteiger partial charge in [0.1, 0.15) is 0 Å². The maximum absolute atomic E-state index is 6.26. The van der Waals surface area contributed by atoms with E-state index in [4.69, 9.17) is 5.73 Å². The number of nitrogens with two attached hydrogens (primary N) is 1. The van der Waals surface area contributed by atoms with E-state index in [1.165, 1.54) is 4.70 Å². The van der Waals surface area contributed by atoms with Crippen molar-refractivity contribution in [2.24, 2.45) is 5.73 Å². The first-order valence-corrected chi connectivity index (χ1v) is 6.77. The Kier molecular flexibility index (Phi) is 2.85. The molecule has 0 aromatic carbocycles. The number of nitrogens with zero attached hydrogens (tertiary/aromatic N) is 3. The van der Waals surface area contributed by atoms with Crippen LogP contribution in [0.25, 0.3) is 10.2 Å². The second kappa shape index (κ2) is 4.51. The molecule has 0 saturated carbocycles. The number of hydrogen-bond donors (Lipinski definition) is 1. The van der Waals surface area contributed by atoms with Gasteiger partial charge in [0, 0.05) is 24.5 Å². The minimum absolute atomic E-state index is 0.163. The molecule has 92 valence electrons. The smallest absolute Gasteiger partial charge is 0.0809 e. The Bertz CT molecular complexity index is 670. The molecule has 0 fully saturated rings. The SMILES string of the molecule is CCn1cc(C(N)c2cnc3ccsc3c2)cn1. The summed E-state index contributed by atoms with van der Waals surface area (Å²) in [4.78, 5) is 4.42. The summed E-state index contributed by atoms with van der Waals surface area (Å²) < 4.78 is 3.05. The van der Waals surface area contributed by atoms with Crippen LogP contribution in [0, 0.1) is 0 Å². The lowest BCUT2D eigenvalue weighted by molar-refractivity contribution is 0.658. The lowest BCUT2D eigenvalue weighted by atomic mass is 10.0. The fourth-order valence-electron chi connectivity index (χ4n) is 1.94. The van der Waals surface area contributed by atoms with E-state index in [1.807, 2.05) is 34.7 Å². The van der Waals surface area contributed by atoms with E-state index in [0.717, 1.165) is 23.2 Å². The molecule has 1 unspecified atom stereocenters. The third-order valence-corrected chi connectivity index (χ3v) is 3.87. The summed E-state index contributed by atoms with van der Waals surface area (Å²) in [5.41, 5.74) is 9.33. The Morgan fingerprint density at radius 2 is 2.28 bits per heavy atom. The van der Waals surface area contributed by atoms with Gasteiger partial charge in [-0.1, -0.05) is 0 Å². The van der Waals surface area contributed by atoms with Gasteiger partial charge in [0.15, 0.2) is 0 Å². The molecule has 0 spiro atoms. The number of rotatable bonds is 3. The molecule has 0 bridgehead atoms. The van der Waals surface area contributed by atoms with Gasteiger partial charge in [0.2, 0.25) is 0 Å². The average Bonchev–Trinajstić information content (AvgIpc) is 3.05. The molecule has 0 aliphatic rings. The molecule has 3 rings (SSSR count). The maximum atomic E-state index is 6.26. The molecule has 3 heterocycles. The van der Waals surface area contributed by atoms with Gasteiger partial charge in [-0.3, -0.25) is 9.67 Å². The van der Waals surface area contributed by atoms with Crippen LogP contribution in [0.3, 0.4) is 0 Å². The largest absolute Gasteiger partial charge is 0.320 e. The van der Waals surface area contributed by atoms with Crippen molar-refractivity contribution in [3.05, 3.63) is 47.2 Å². The molecule has 0 radical (unpaired) electrons. The van der Waals surface area contributed by atoms with Crippen molar-refractivity contribution in [3.8, 4) is 0 Å². The normalized spacial score (nSPS) is 13.0. The topological polar surface area (TPSA) is 56.7 Å². The zero-order valence-electron chi connectivity index (χ0n) is 10.1. The van der Waals surface area contributed by atoms with Gasteiger partial charge in [-0.2, -0.15) is 5.10 Å². The van der Waals surface area contributed by atoms with Gasteiger partial charge >= 0.3 is 0 Å². The summed E-state index contributed by atoms with van der Waals surface area (Å²) in [5.74, 6) is 0. The summed E-state index contributed by atoms with van der Waals surface area (Å²) in [6, 6.07) is 3.97.